The highest BCUT2D eigenvalue weighted by atomic mass is 16.6. The van der Waals surface area contributed by atoms with Crippen molar-refractivity contribution in [1.29, 1.82) is 0 Å². The van der Waals surface area contributed by atoms with Gasteiger partial charge in [-0.05, 0) is 83.5 Å². The van der Waals surface area contributed by atoms with Crippen molar-refractivity contribution < 1.29 is 28.6 Å². The molecule has 0 aliphatic heterocycles. The first-order valence-electron chi connectivity index (χ1n) is 23.1. The summed E-state index contributed by atoms with van der Waals surface area (Å²) >= 11 is 0. The largest absolute Gasteiger partial charge is 0.462 e. The second kappa shape index (κ2) is 45.3. The summed E-state index contributed by atoms with van der Waals surface area (Å²) in [5.74, 6) is -1.14. The van der Waals surface area contributed by atoms with E-state index in [0.717, 1.165) is 64.2 Å². The Hall–Kier alpha value is -3.41. The fourth-order valence-corrected chi connectivity index (χ4v) is 5.94. The number of carbonyl (C=O) groups excluding carboxylic acids is 3. The van der Waals surface area contributed by atoms with Crippen LogP contribution in [0, 0.1) is 0 Å². The molecular weight excluding hydrogens is 709 g/mol. The van der Waals surface area contributed by atoms with Gasteiger partial charge in [0.1, 0.15) is 13.2 Å². The molecule has 0 saturated carbocycles. The molecule has 0 heterocycles. The predicted octanol–water partition coefficient (Wildman–Crippen LogP) is 14.9. The van der Waals surface area contributed by atoms with Crippen LogP contribution in [0.15, 0.2) is 85.1 Å². The highest BCUT2D eigenvalue weighted by Gasteiger charge is 2.19. The van der Waals surface area contributed by atoms with E-state index in [0.29, 0.717) is 12.8 Å². The molecule has 0 rings (SSSR count). The molecule has 1 atom stereocenters. The number of allylic oxidation sites excluding steroid dienone is 13. The van der Waals surface area contributed by atoms with Crippen LogP contribution in [0.2, 0.25) is 0 Å². The van der Waals surface area contributed by atoms with E-state index in [2.05, 4.69) is 87.6 Å². The summed E-state index contributed by atoms with van der Waals surface area (Å²) < 4.78 is 16.5. The molecule has 0 bridgehead atoms. The van der Waals surface area contributed by atoms with Crippen LogP contribution < -0.4 is 0 Å². The van der Waals surface area contributed by atoms with Gasteiger partial charge in [-0.15, -0.1) is 0 Å². The Kier molecular flexibility index (Phi) is 42.6. The van der Waals surface area contributed by atoms with Gasteiger partial charge in [0.25, 0.3) is 0 Å². The molecule has 0 aliphatic carbocycles. The maximum absolute atomic E-state index is 12.7. The van der Waals surface area contributed by atoms with Gasteiger partial charge in [-0.3, -0.25) is 14.4 Å². The van der Waals surface area contributed by atoms with E-state index in [1.807, 2.05) is 12.2 Å². The zero-order valence-electron chi connectivity index (χ0n) is 36.8. The normalized spacial score (nSPS) is 12.8. The molecule has 0 saturated heterocycles. The average Bonchev–Trinajstić information content (AvgIpc) is 3.21. The van der Waals surface area contributed by atoms with Crippen molar-refractivity contribution in [1.82, 2.24) is 0 Å². The fraction of sp³-hybridized carbons (Fsp3) is 0.667. The SMILES string of the molecule is CC/C=C\C/C=C\C/C=C\CC(=O)OCC(COC(=O)CCCCCCCCC/C=C\C/C=C\CCCCC)OC(=O)CC/C=C\C/C=C\CCCCCCCC. The monoisotopic (exact) mass is 793 g/mol. The Morgan fingerprint density at radius 2 is 0.789 bits per heavy atom. The van der Waals surface area contributed by atoms with Gasteiger partial charge in [0.2, 0.25) is 0 Å². The third-order valence-electron chi connectivity index (χ3n) is 9.40. The minimum atomic E-state index is -0.843. The molecule has 0 N–H and O–H groups in total. The molecule has 0 spiro atoms. The van der Waals surface area contributed by atoms with Crippen LogP contribution in [0.5, 0.6) is 0 Å². The van der Waals surface area contributed by atoms with Gasteiger partial charge in [0.05, 0.1) is 6.42 Å². The van der Waals surface area contributed by atoms with Gasteiger partial charge in [-0.2, -0.15) is 0 Å². The van der Waals surface area contributed by atoms with Gasteiger partial charge in [0.15, 0.2) is 6.10 Å². The maximum atomic E-state index is 12.7. The van der Waals surface area contributed by atoms with Crippen LogP contribution in [0.1, 0.15) is 201 Å². The smallest absolute Gasteiger partial charge is 0.309 e. The number of hydrogen-bond donors (Lipinski definition) is 0. The average molecular weight is 793 g/mol. The highest BCUT2D eigenvalue weighted by Crippen LogP contribution is 2.12. The van der Waals surface area contributed by atoms with E-state index >= 15 is 0 Å². The zero-order chi connectivity index (χ0) is 41.5. The first kappa shape index (κ1) is 53.6. The summed E-state index contributed by atoms with van der Waals surface area (Å²) in [6.07, 6.45) is 57.6. The molecule has 6 nitrogen and oxygen atoms in total. The lowest BCUT2D eigenvalue weighted by atomic mass is 10.1. The summed E-state index contributed by atoms with van der Waals surface area (Å²) in [7, 11) is 0. The molecule has 0 radical (unpaired) electrons. The zero-order valence-corrected chi connectivity index (χ0v) is 36.8. The van der Waals surface area contributed by atoms with Crippen molar-refractivity contribution in [3.8, 4) is 0 Å². The number of hydrogen-bond acceptors (Lipinski definition) is 6. The topological polar surface area (TPSA) is 78.9 Å². The number of esters is 3. The molecule has 0 aromatic rings. The van der Waals surface area contributed by atoms with Crippen LogP contribution >= 0.6 is 0 Å². The van der Waals surface area contributed by atoms with Gasteiger partial charge in [0, 0.05) is 12.8 Å². The van der Waals surface area contributed by atoms with Crippen LogP contribution in [0.3, 0.4) is 0 Å². The van der Waals surface area contributed by atoms with E-state index in [1.54, 1.807) is 6.08 Å². The van der Waals surface area contributed by atoms with Crippen LogP contribution in [0.25, 0.3) is 0 Å². The standard InChI is InChI=1S/C51H84O6/c1-4-7-10-13-16-19-21-23-24-25-26-28-29-32-35-38-41-44-50(53)56-47-48(46-55-49(52)43-40-37-34-31-18-15-12-9-6-3)57-51(54)45-42-39-36-33-30-27-22-20-17-14-11-8-5-2/h9,12,16,18-19,23-24,27,30-31,36-37,39-40,48H,4-8,10-11,13-15,17,20-22,25-26,28-29,32-35,38,41-47H2,1-3H3/b12-9-,19-16-,24-23-,30-27-,31-18-,39-36-,40-37-. The second-order valence-corrected chi connectivity index (χ2v) is 14.9. The third kappa shape index (κ3) is 43.6. The van der Waals surface area contributed by atoms with Gasteiger partial charge < -0.3 is 14.2 Å². The van der Waals surface area contributed by atoms with E-state index < -0.39 is 18.0 Å². The van der Waals surface area contributed by atoms with E-state index in [1.165, 1.54) is 89.9 Å². The van der Waals surface area contributed by atoms with Crippen molar-refractivity contribution >= 4 is 17.9 Å². The molecular formula is C51H84O6. The Morgan fingerprint density at radius 3 is 1.33 bits per heavy atom. The van der Waals surface area contributed by atoms with E-state index in [4.69, 9.17) is 14.2 Å². The first-order chi connectivity index (χ1) is 28.0. The first-order valence-corrected chi connectivity index (χ1v) is 23.1. The Balaban J connectivity index is 4.48. The molecule has 1 unspecified atom stereocenters. The van der Waals surface area contributed by atoms with E-state index in [9.17, 15) is 14.4 Å². The summed E-state index contributed by atoms with van der Waals surface area (Å²) in [5, 5.41) is 0. The molecule has 0 amide bonds. The Labute approximate surface area is 350 Å². The van der Waals surface area contributed by atoms with Gasteiger partial charge >= 0.3 is 17.9 Å². The third-order valence-corrected chi connectivity index (χ3v) is 9.40. The minimum absolute atomic E-state index is 0.121. The Bertz CT molecular complexity index is 1140. The van der Waals surface area contributed by atoms with Crippen LogP contribution in [-0.4, -0.2) is 37.2 Å². The Morgan fingerprint density at radius 1 is 0.386 bits per heavy atom. The number of unbranched alkanes of at least 4 members (excludes halogenated alkanes) is 16. The lowest BCUT2D eigenvalue weighted by Gasteiger charge is -2.18. The molecule has 0 aromatic carbocycles. The predicted molar refractivity (Wildman–Crippen MR) is 242 cm³/mol. The maximum Gasteiger partial charge on any atom is 0.309 e. The van der Waals surface area contributed by atoms with Crippen LogP contribution in [-0.2, 0) is 28.6 Å². The van der Waals surface area contributed by atoms with Crippen molar-refractivity contribution in [2.24, 2.45) is 0 Å². The number of ether oxygens (including phenoxy) is 3. The lowest BCUT2D eigenvalue weighted by Crippen LogP contribution is -2.30. The second-order valence-electron chi connectivity index (χ2n) is 14.9. The summed E-state index contributed by atoms with van der Waals surface area (Å²) in [4.78, 5) is 37.6. The molecule has 0 aliphatic rings. The summed E-state index contributed by atoms with van der Waals surface area (Å²) in [6.45, 7) is 6.31. The van der Waals surface area contributed by atoms with Crippen LogP contribution in [0.4, 0.5) is 0 Å². The molecule has 324 valence electrons. The summed E-state index contributed by atoms with van der Waals surface area (Å²) in [6, 6.07) is 0. The minimum Gasteiger partial charge on any atom is -0.462 e. The lowest BCUT2D eigenvalue weighted by molar-refractivity contribution is -0.166. The number of rotatable bonds is 40. The van der Waals surface area contributed by atoms with Crippen molar-refractivity contribution in [2.45, 2.75) is 207 Å². The van der Waals surface area contributed by atoms with E-state index in [-0.39, 0.29) is 32.0 Å². The molecule has 6 heteroatoms. The van der Waals surface area contributed by atoms with Crippen molar-refractivity contribution in [3.05, 3.63) is 85.1 Å². The van der Waals surface area contributed by atoms with Gasteiger partial charge in [-0.25, -0.2) is 0 Å². The number of carbonyl (C=O) groups is 3. The highest BCUT2D eigenvalue weighted by molar-refractivity contribution is 5.72. The quantitative estimate of drug-likeness (QED) is 0.0266. The molecule has 0 aromatic heterocycles. The van der Waals surface area contributed by atoms with Crippen molar-refractivity contribution in [3.63, 3.8) is 0 Å². The summed E-state index contributed by atoms with van der Waals surface area (Å²) in [5.41, 5.74) is 0. The van der Waals surface area contributed by atoms with Crippen molar-refractivity contribution in [2.75, 3.05) is 13.2 Å². The van der Waals surface area contributed by atoms with Gasteiger partial charge in [-0.1, -0.05) is 183 Å². The molecule has 0 fully saturated rings. The fourth-order valence-electron chi connectivity index (χ4n) is 5.94. The molecule has 57 heavy (non-hydrogen) atoms.